The van der Waals surface area contributed by atoms with Gasteiger partial charge >= 0.3 is 5.97 Å². The van der Waals surface area contributed by atoms with Gasteiger partial charge in [-0.3, -0.25) is 4.79 Å². The van der Waals surface area contributed by atoms with Gasteiger partial charge in [-0.05, 0) is 30.5 Å². The van der Waals surface area contributed by atoms with Crippen LogP contribution < -0.4 is 5.32 Å². The van der Waals surface area contributed by atoms with Crippen molar-refractivity contribution in [2.24, 2.45) is 0 Å². The Morgan fingerprint density at radius 2 is 2.00 bits per heavy atom. The monoisotopic (exact) mass is 295 g/mol. The van der Waals surface area contributed by atoms with Gasteiger partial charge < -0.3 is 19.9 Å². The number of aryl methyl sites for hydroxylation is 1. The molecule has 0 aliphatic carbocycles. The molecule has 1 unspecified atom stereocenters. The van der Waals surface area contributed by atoms with Crippen LogP contribution in [0.15, 0.2) is 18.2 Å². The Morgan fingerprint density at radius 3 is 2.62 bits per heavy atom. The number of methoxy groups -OCH3 is 1. The lowest BCUT2D eigenvalue weighted by molar-refractivity contribution is -0.142. The standard InChI is InChI=1S/C15H21NO5/c1-10-5-4-6-12(11(10)2)14(15(18)19)16-13(17)9-21-8-7-20-3/h4-6,14H,7-9H2,1-3H3,(H,16,17)(H,18,19). The second-order valence-electron chi connectivity index (χ2n) is 4.67. The van der Waals surface area contributed by atoms with E-state index in [9.17, 15) is 14.7 Å². The molecule has 1 rings (SSSR count). The molecular weight excluding hydrogens is 274 g/mol. The van der Waals surface area contributed by atoms with E-state index in [1.54, 1.807) is 12.1 Å². The maximum Gasteiger partial charge on any atom is 0.330 e. The van der Waals surface area contributed by atoms with Crippen LogP contribution in [-0.4, -0.2) is 43.9 Å². The van der Waals surface area contributed by atoms with E-state index < -0.39 is 17.9 Å². The zero-order valence-corrected chi connectivity index (χ0v) is 12.5. The lowest BCUT2D eigenvalue weighted by Crippen LogP contribution is -2.36. The average Bonchev–Trinajstić information content (AvgIpc) is 2.44. The van der Waals surface area contributed by atoms with Crippen LogP contribution in [0.2, 0.25) is 0 Å². The molecule has 1 aromatic carbocycles. The quantitative estimate of drug-likeness (QED) is 0.704. The Labute approximate surface area is 124 Å². The number of carbonyl (C=O) groups excluding carboxylic acids is 1. The largest absolute Gasteiger partial charge is 0.479 e. The summed E-state index contributed by atoms with van der Waals surface area (Å²) in [6.07, 6.45) is 0. The van der Waals surface area contributed by atoms with Crippen molar-refractivity contribution >= 4 is 11.9 Å². The minimum Gasteiger partial charge on any atom is -0.479 e. The first-order valence-corrected chi connectivity index (χ1v) is 6.62. The molecular formula is C15H21NO5. The van der Waals surface area contributed by atoms with Gasteiger partial charge in [0, 0.05) is 7.11 Å². The van der Waals surface area contributed by atoms with E-state index in [0.29, 0.717) is 12.2 Å². The minimum atomic E-state index is -1.10. The van der Waals surface area contributed by atoms with Gasteiger partial charge in [0.05, 0.1) is 13.2 Å². The summed E-state index contributed by atoms with van der Waals surface area (Å²) < 4.78 is 9.87. The van der Waals surface area contributed by atoms with Gasteiger partial charge in [-0.1, -0.05) is 18.2 Å². The second kappa shape index (κ2) is 8.39. The summed E-state index contributed by atoms with van der Waals surface area (Å²) in [5, 5.41) is 11.8. The normalized spacial score (nSPS) is 12.0. The molecule has 0 fully saturated rings. The Kier molecular flexibility index (Phi) is 6.84. The fourth-order valence-electron chi connectivity index (χ4n) is 1.87. The van der Waals surface area contributed by atoms with E-state index in [4.69, 9.17) is 9.47 Å². The molecule has 21 heavy (non-hydrogen) atoms. The van der Waals surface area contributed by atoms with Crippen LogP contribution in [0.1, 0.15) is 22.7 Å². The molecule has 1 amide bonds. The van der Waals surface area contributed by atoms with Gasteiger partial charge in [-0.2, -0.15) is 0 Å². The smallest absolute Gasteiger partial charge is 0.330 e. The van der Waals surface area contributed by atoms with Crippen molar-refractivity contribution in [3.63, 3.8) is 0 Å². The molecule has 0 aliphatic rings. The molecule has 0 aromatic heterocycles. The minimum absolute atomic E-state index is 0.196. The van der Waals surface area contributed by atoms with E-state index >= 15 is 0 Å². The zero-order valence-electron chi connectivity index (χ0n) is 12.5. The molecule has 0 bridgehead atoms. The molecule has 0 radical (unpaired) electrons. The van der Waals surface area contributed by atoms with Gasteiger partial charge in [0.2, 0.25) is 5.91 Å². The van der Waals surface area contributed by atoms with E-state index in [1.165, 1.54) is 7.11 Å². The second-order valence-corrected chi connectivity index (χ2v) is 4.67. The SMILES string of the molecule is COCCOCC(=O)NC(C(=O)O)c1cccc(C)c1C. The Hall–Kier alpha value is -1.92. The van der Waals surface area contributed by atoms with Crippen molar-refractivity contribution in [1.82, 2.24) is 5.32 Å². The summed E-state index contributed by atoms with van der Waals surface area (Å²) in [7, 11) is 1.53. The summed E-state index contributed by atoms with van der Waals surface area (Å²) in [6.45, 7) is 4.20. The number of aliphatic carboxylic acids is 1. The van der Waals surface area contributed by atoms with Gasteiger partial charge in [0.15, 0.2) is 6.04 Å². The fraction of sp³-hybridized carbons (Fsp3) is 0.467. The van der Waals surface area contributed by atoms with Crippen molar-refractivity contribution in [3.8, 4) is 0 Å². The highest BCUT2D eigenvalue weighted by molar-refractivity contribution is 5.85. The highest BCUT2D eigenvalue weighted by Crippen LogP contribution is 2.20. The molecule has 0 saturated heterocycles. The van der Waals surface area contributed by atoms with E-state index in [2.05, 4.69) is 5.32 Å². The highest BCUT2D eigenvalue weighted by Gasteiger charge is 2.23. The van der Waals surface area contributed by atoms with Crippen LogP contribution in [0.5, 0.6) is 0 Å². The Morgan fingerprint density at radius 1 is 1.29 bits per heavy atom. The summed E-state index contributed by atoms with van der Waals surface area (Å²) in [6, 6.07) is 4.29. The first-order valence-electron chi connectivity index (χ1n) is 6.62. The summed E-state index contributed by atoms with van der Waals surface area (Å²) in [4.78, 5) is 23.2. The lowest BCUT2D eigenvalue weighted by atomic mass is 9.97. The first kappa shape index (κ1) is 17.1. The third-order valence-electron chi connectivity index (χ3n) is 3.17. The average molecular weight is 295 g/mol. The fourth-order valence-corrected chi connectivity index (χ4v) is 1.87. The van der Waals surface area contributed by atoms with Gasteiger partial charge in [-0.15, -0.1) is 0 Å². The molecule has 0 spiro atoms. The van der Waals surface area contributed by atoms with Crippen LogP contribution in [0.4, 0.5) is 0 Å². The Bertz CT molecular complexity index is 501. The third-order valence-corrected chi connectivity index (χ3v) is 3.17. The number of carboxylic acid groups (broad SMARTS) is 1. The third kappa shape index (κ3) is 5.17. The summed E-state index contributed by atoms with van der Waals surface area (Å²) >= 11 is 0. The van der Waals surface area contributed by atoms with Gasteiger partial charge in [0.25, 0.3) is 0 Å². The molecule has 0 saturated carbocycles. The number of amides is 1. The molecule has 0 heterocycles. The molecule has 0 aliphatic heterocycles. The molecule has 6 heteroatoms. The molecule has 1 atom stereocenters. The topological polar surface area (TPSA) is 84.9 Å². The van der Waals surface area contributed by atoms with Crippen LogP contribution in [0.25, 0.3) is 0 Å². The summed E-state index contributed by atoms with van der Waals surface area (Å²) in [5.74, 6) is -1.58. The van der Waals surface area contributed by atoms with Crippen molar-refractivity contribution in [2.75, 3.05) is 26.9 Å². The van der Waals surface area contributed by atoms with E-state index in [-0.39, 0.29) is 13.2 Å². The number of benzene rings is 1. The van der Waals surface area contributed by atoms with Crippen LogP contribution in [0, 0.1) is 13.8 Å². The number of carboxylic acids is 1. The lowest BCUT2D eigenvalue weighted by Gasteiger charge is -2.18. The van der Waals surface area contributed by atoms with Crippen LogP contribution in [0.3, 0.4) is 0 Å². The van der Waals surface area contributed by atoms with E-state index in [0.717, 1.165) is 11.1 Å². The first-order chi connectivity index (χ1) is 9.97. The number of hydrogen-bond donors (Lipinski definition) is 2. The van der Waals surface area contributed by atoms with Crippen LogP contribution >= 0.6 is 0 Å². The number of ether oxygens (including phenoxy) is 2. The predicted octanol–water partition coefficient (Wildman–Crippen LogP) is 1.21. The van der Waals surface area contributed by atoms with E-state index in [1.807, 2.05) is 19.9 Å². The maximum absolute atomic E-state index is 11.8. The number of rotatable bonds is 8. The van der Waals surface area contributed by atoms with Crippen molar-refractivity contribution in [3.05, 3.63) is 34.9 Å². The molecule has 2 N–H and O–H groups in total. The highest BCUT2D eigenvalue weighted by atomic mass is 16.5. The number of nitrogens with one attached hydrogen (secondary N) is 1. The molecule has 6 nitrogen and oxygen atoms in total. The molecule has 116 valence electrons. The van der Waals surface area contributed by atoms with Crippen molar-refractivity contribution in [1.29, 1.82) is 0 Å². The summed E-state index contributed by atoms with van der Waals surface area (Å²) in [5.41, 5.74) is 2.41. The van der Waals surface area contributed by atoms with Crippen molar-refractivity contribution in [2.45, 2.75) is 19.9 Å². The number of carbonyl (C=O) groups is 2. The Balaban J connectivity index is 2.72. The van der Waals surface area contributed by atoms with Crippen molar-refractivity contribution < 1.29 is 24.2 Å². The maximum atomic E-state index is 11.8. The predicted molar refractivity (Wildman–Crippen MR) is 77.1 cm³/mol. The van der Waals surface area contributed by atoms with Gasteiger partial charge in [-0.25, -0.2) is 4.79 Å². The zero-order chi connectivity index (χ0) is 15.8. The van der Waals surface area contributed by atoms with Gasteiger partial charge in [0.1, 0.15) is 6.61 Å². The van der Waals surface area contributed by atoms with Crippen LogP contribution in [-0.2, 0) is 19.1 Å². The number of hydrogen-bond acceptors (Lipinski definition) is 4. The molecule has 1 aromatic rings.